The molecule has 0 saturated heterocycles. The summed E-state index contributed by atoms with van der Waals surface area (Å²) in [5, 5.41) is 15.1. The minimum atomic E-state index is 0.794. The molecule has 4 nitrogen and oxygen atoms in total. The molecule has 5 heteroatoms. The van der Waals surface area contributed by atoms with Crippen LogP contribution in [0.2, 0.25) is 0 Å². The van der Waals surface area contributed by atoms with E-state index in [-0.39, 0.29) is 0 Å². The predicted molar refractivity (Wildman–Crippen MR) is 103 cm³/mol. The lowest BCUT2D eigenvalue weighted by atomic mass is 10.1. The molecule has 0 unspecified atom stereocenters. The number of fused-ring (bicyclic) bond motifs is 1. The van der Waals surface area contributed by atoms with Crippen molar-refractivity contribution in [3.8, 4) is 0 Å². The van der Waals surface area contributed by atoms with Crippen molar-refractivity contribution >= 4 is 22.2 Å². The van der Waals surface area contributed by atoms with Crippen LogP contribution in [0, 0.1) is 0 Å². The van der Waals surface area contributed by atoms with Crippen molar-refractivity contribution in [3.05, 3.63) is 81.9 Å². The number of aromatic amines is 1. The summed E-state index contributed by atoms with van der Waals surface area (Å²) < 4.78 is 0. The van der Waals surface area contributed by atoms with E-state index in [9.17, 15) is 0 Å². The van der Waals surface area contributed by atoms with E-state index in [1.807, 2.05) is 6.20 Å². The normalized spacial score (nSPS) is 11.2. The largest absolute Gasteiger partial charge is 0.307 e. The van der Waals surface area contributed by atoms with Crippen molar-refractivity contribution < 1.29 is 0 Å². The van der Waals surface area contributed by atoms with Gasteiger partial charge in [-0.1, -0.05) is 42.5 Å². The van der Waals surface area contributed by atoms with Crippen molar-refractivity contribution in [1.29, 1.82) is 0 Å². The molecule has 2 aromatic carbocycles. The van der Waals surface area contributed by atoms with Gasteiger partial charge in [0.1, 0.15) is 0 Å². The van der Waals surface area contributed by atoms with Gasteiger partial charge in [0.2, 0.25) is 0 Å². The highest BCUT2D eigenvalue weighted by Gasteiger charge is 2.03. The molecule has 2 N–H and O–H groups in total. The molecule has 0 saturated carbocycles. The van der Waals surface area contributed by atoms with Crippen LogP contribution >= 0.6 is 11.3 Å². The van der Waals surface area contributed by atoms with Crippen LogP contribution in [0.1, 0.15) is 21.8 Å². The Morgan fingerprint density at radius 3 is 2.80 bits per heavy atom. The summed E-state index contributed by atoms with van der Waals surface area (Å²) in [6, 6.07) is 17.0. The highest BCUT2D eigenvalue weighted by atomic mass is 32.1. The van der Waals surface area contributed by atoms with Crippen LogP contribution in [0.3, 0.4) is 0 Å². The number of rotatable bonds is 7. The average Bonchev–Trinajstić information content (AvgIpc) is 3.29. The Hall–Kier alpha value is -2.50. The van der Waals surface area contributed by atoms with E-state index in [0.717, 1.165) is 42.5 Å². The van der Waals surface area contributed by atoms with Gasteiger partial charge in [0.05, 0.1) is 22.4 Å². The molecule has 0 aliphatic heterocycles. The van der Waals surface area contributed by atoms with Gasteiger partial charge in [-0.05, 0) is 23.6 Å². The molecule has 0 aliphatic rings. The Balaban J connectivity index is 1.27. The molecule has 0 bridgehead atoms. The lowest BCUT2D eigenvalue weighted by Gasteiger charge is -2.03. The van der Waals surface area contributed by atoms with Gasteiger partial charge in [-0.15, -0.1) is 11.3 Å². The maximum Gasteiger partial charge on any atom is 0.0932 e. The fourth-order valence-electron chi connectivity index (χ4n) is 2.87. The zero-order valence-electron chi connectivity index (χ0n) is 13.9. The monoisotopic (exact) mass is 348 g/mol. The minimum absolute atomic E-state index is 0.794. The zero-order valence-corrected chi connectivity index (χ0v) is 14.7. The van der Waals surface area contributed by atoms with Gasteiger partial charge in [-0.25, -0.2) is 4.98 Å². The molecule has 0 atom stereocenters. The predicted octanol–water partition coefficient (Wildman–Crippen LogP) is 4.09. The zero-order chi connectivity index (χ0) is 16.9. The number of aryl methyl sites for hydroxylation is 2. The molecular weight excluding hydrogens is 328 g/mol. The first-order chi connectivity index (χ1) is 12.4. The Labute approximate surface area is 150 Å². The van der Waals surface area contributed by atoms with Gasteiger partial charge in [-0.2, -0.15) is 5.10 Å². The third-order valence-electron chi connectivity index (χ3n) is 4.21. The van der Waals surface area contributed by atoms with E-state index < -0.39 is 0 Å². The van der Waals surface area contributed by atoms with Gasteiger partial charge in [-0.3, -0.25) is 5.10 Å². The van der Waals surface area contributed by atoms with Crippen LogP contribution < -0.4 is 5.32 Å². The van der Waals surface area contributed by atoms with Gasteiger partial charge < -0.3 is 5.32 Å². The first-order valence-corrected chi connectivity index (χ1v) is 9.35. The van der Waals surface area contributed by atoms with E-state index in [1.54, 1.807) is 11.3 Å². The van der Waals surface area contributed by atoms with Crippen LogP contribution in [0.25, 0.3) is 10.9 Å². The highest BCUT2D eigenvalue weighted by Crippen LogP contribution is 2.15. The van der Waals surface area contributed by atoms with E-state index in [4.69, 9.17) is 4.98 Å². The summed E-state index contributed by atoms with van der Waals surface area (Å²) in [4.78, 5) is 4.74. The molecule has 0 radical (unpaired) electrons. The summed E-state index contributed by atoms with van der Waals surface area (Å²) in [6.07, 6.45) is 3.90. The van der Waals surface area contributed by atoms with Crippen molar-refractivity contribution in [2.45, 2.75) is 25.9 Å². The number of H-pyrrole nitrogens is 1. The summed E-state index contributed by atoms with van der Waals surface area (Å²) >= 11 is 1.75. The van der Waals surface area contributed by atoms with Crippen molar-refractivity contribution in [1.82, 2.24) is 20.5 Å². The second-order valence-corrected chi connectivity index (χ2v) is 7.06. The standard InChI is InChI=1S/C20H20N4S/c1-2-4-15(5-3-1)7-9-20-23-18(14-25-20)13-21-11-16-6-8-17-12-22-24-19(17)10-16/h1-6,8,10,12,14,21H,7,9,11,13H2,(H,22,24). The highest BCUT2D eigenvalue weighted by molar-refractivity contribution is 7.09. The van der Waals surface area contributed by atoms with Crippen molar-refractivity contribution in [2.24, 2.45) is 0 Å². The molecule has 2 heterocycles. The van der Waals surface area contributed by atoms with Crippen LogP contribution in [-0.2, 0) is 25.9 Å². The van der Waals surface area contributed by atoms with Crippen molar-refractivity contribution in [3.63, 3.8) is 0 Å². The van der Waals surface area contributed by atoms with Crippen LogP contribution in [0.4, 0.5) is 0 Å². The Morgan fingerprint density at radius 2 is 1.88 bits per heavy atom. The van der Waals surface area contributed by atoms with E-state index >= 15 is 0 Å². The molecular formula is C20H20N4S. The maximum absolute atomic E-state index is 4.74. The van der Waals surface area contributed by atoms with Crippen LogP contribution in [-0.4, -0.2) is 15.2 Å². The maximum atomic E-state index is 4.74. The molecule has 0 fully saturated rings. The number of hydrogen-bond donors (Lipinski definition) is 2. The SMILES string of the molecule is c1ccc(CCc2nc(CNCc3ccc4cn[nH]c4c3)cs2)cc1. The minimum Gasteiger partial charge on any atom is -0.307 e. The van der Waals surface area contributed by atoms with Gasteiger partial charge >= 0.3 is 0 Å². The third kappa shape index (κ3) is 4.13. The molecule has 0 amide bonds. The van der Waals surface area contributed by atoms with E-state index in [0.29, 0.717) is 0 Å². The number of aromatic nitrogens is 3. The Kier molecular flexibility index (Phi) is 4.86. The topological polar surface area (TPSA) is 53.6 Å². The molecule has 2 aromatic heterocycles. The van der Waals surface area contributed by atoms with Gasteiger partial charge in [0.15, 0.2) is 0 Å². The first kappa shape index (κ1) is 16.0. The Morgan fingerprint density at radius 1 is 0.960 bits per heavy atom. The number of hydrogen-bond acceptors (Lipinski definition) is 4. The van der Waals surface area contributed by atoms with E-state index in [1.165, 1.54) is 16.1 Å². The molecule has 25 heavy (non-hydrogen) atoms. The van der Waals surface area contributed by atoms with Crippen LogP contribution in [0.5, 0.6) is 0 Å². The number of nitrogens with zero attached hydrogens (tertiary/aromatic N) is 2. The molecule has 4 rings (SSSR count). The van der Waals surface area contributed by atoms with Gasteiger partial charge in [0.25, 0.3) is 0 Å². The fraction of sp³-hybridized carbons (Fsp3) is 0.200. The molecule has 0 spiro atoms. The molecule has 126 valence electrons. The number of nitrogens with one attached hydrogen (secondary N) is 2. The smallest absolute Gasteiger partial charge is 0.0932 e. The van der Waals surface area contributed by atoms with Gasteiger partial charge in [0, 0.05) is 30.3 Å². The summed E-state index contributed by atoms with van der Waals surface area (Å²) in [5.41, 5.74) is 4.81. The molecule has 0 aliphatic carbocycles. The second-order valence-electron chi connectivity index (χ2n) is 6.11. The lowest BCUT2D eigenvalue weighted by molar-refractivity contribution is 0.680. The lowest BCUT2D eigenvalue weighted by Crippen LogP contribution is -2.12. The quantitative estimate of drug-likeness (QED) is 0.529. The first-order valence-electron chi connectivity index (χ1n) is 8.47. The van der Waals surface area contributed by atoms with E-state index in [2.05, 4.69) is 69.4 Å². The third-order valence-corrected chi connectivity index (χ3v) is 5.17. The summed E-state index contributed by atoms with van der Waals surface area (Å²) in [7, 11) is 0. The molecule has 4 aromatic rings. The average molecular weight is 348 g/mol. The Bertz CT molecular complexity index is 942. The fourth-order valence-corrected chi connectivity index (χ4v) is 3.67. The van der Waals surface area contributed by atoms with Crippen molar-refractivity contribution in [2.75, 3.05) is 0 Å². The summed E-state index contributed by atoms with van der Waals surface area (Å²) in [5.74, 6) is 0. The number of benzene rings is 2. The number of thiazole rings is 1. The summed E-state index contributed by atoms with van der Waals surface area (Å²) in [6.45, 7) is 1.62. The second kappa shape index (κ2) is 7.59. The van der Waals surface area contributed by atoms with Crippen LogP contribution in [0.15, 0.2) is 60.1 Å².